The summed E-state index contributed by atoms with van der Waals surface area (Å²) in [5, 5.41) is 32.5. The lowest BCUT2D eigenvalue weighted by Gasteiger charge is -2.13. The van der Waals surface area contributed by atoms with Crippen LogP contribution in [0.4, 0.5) is 11.4 Å². The smallest absolute Gasteiger partial charge is 0.337 e. The van der Waals surface area contributed by atoms with Gasteiger partial charge >= 0.3 is 5.97 Å². The Hall–Kier alpha value is -3.50. The maximum atomic E-state index is 11.6. The number of nitrogens with one attached hydrogen (secondary N) is 2. The Morgan fingerprint density at radius 3 is 2.36 bits per heavy atom. The Morgan fingerprint density at radius 1 is 1.18 bits per heavy atom. The Bertz CT molecular complexity index is 716. The van der Waals surface area contributed by atoms with E-state index in [0.29, 0.717) is 17.9 Å². The third-order valence-corrected chi connectivity index (χ3v) is 2.65. The first kappa shape index (κ1) is 16.6. The first-order valence-electron chi connectivity index (χ1n) is 6.29. The fourth-order valence-corrected chi connectivity index (χ4v) is 1.65. The molecule has 22 heavy (non-hydrogen) atoms. The van der Waals surface area contributed by atoms with Crippen LogP contribution in [0.1, 0.15) is 17.3 Å². The molecule has 0 heterocycles. The predicted molar refractivity (Wildman–Crippen MR) is 79.4 cm³/mol. The number of nitrogens with zero attached hydrogens (tertiary/aromatic N) is 3. The number of hydrogen-bond acceptors (Lipinski definition) is 7. The van der Waals surface area contributed by atoms with Gasteiger partial charge in [-0.3, -0.25) is 0 Å². The Morgan fingerprint density at radius 2 is 1.86 bits per heavy atom. The third-order valence-electron chi connectivity index (χ3n) is 2.65. The number of anilines is 2. The molecule has 0 aromatic heterocycles. The van der Waals surface area contributed by atoms with Gasteiger partial charge < -0.3 is 15.4 Å². The Labute approximate surface area is 128 Å². The molecule has 110 valence electrons. The van der Waals surface area contributed by atoms with Gasteiger partial charge in [-0.2, -0.15) is 15.8 Å². The van der Waals surface area contributed by atoms with Gasteiger partial charge in [0.2, 0.25) is 0 Å². The van der Waals surface area contributed by atoms with Crippen molar-refractivity contribution in [3.63, 3.8) is 0 Å². The highest BCUT2D eigenvalue weighted by Gasteiger charge is 2.13. The highest BCUT2D eigenvalue weighted by Crippen LogP contribution is 2.25. The average Bonchev–Trinajstić information content (AvgIpc) is 2.55. The van der Waals surface area contributed by atoms with Crippen LogP contribution in [-0.2, 0) is 4.74 Å². The lowest BCUT2D eigenvalue weighted by molar-refractivity contribution is 0.0601. The zero-order chi connectivity index (χ0) is 16.5. The van der Waals surface area contributed by atoms with E-state index < -0.39 is 5.97 Å². The molecule has 0 amide bonds. The SMILES string of the molecule is CCNc1ccc(C(=O)OC)cc1NC(C#N)=C(C#N)C#N. The summed E-state index contributed by atoms with van der Waals surface area (Å²) in [4.78, 5) is 11.6. The van der Waals surface area contributed by atoms with Crippen LogP contribution >= 0.6 is 0 Å². The highest BCUT2D eigenvalue weighted by molar-refractivity contribution is 5.92. The van der Waals surface area contributed by atoms with E-state index in [9.17, 15) is 4.79 Å². The Kier molecular flexibility index (Phi) is 5.97. The summed E-state index contributed by atoms with van der Waals surface area (Å²) in [6.45, 7) is 2.50. The minimum atomic E-state index is -0.533. The maximum Gasteiger partial charge on any atom is 0.337 e. The molecular formula is C15H13N5O2. The summed E-state index contributed by atoms with van der Waals surface area (Å²) >= 11 is 0. The molecule has 0 aliphatic heterocycles. The molecule has 1 aromatic rings. The first-order chi connectivity index (χ1) is 10.6. The second kappa shape index (κ2) is 7.94. The van der Waals surface area contributed by atoms with Crippen LogP contribution in [0.25, 0.3) is 0 Å². The third kappa shape index (κ3) is 3.75. The molecule has 7 nitrogen and oxygen atoms in total. The van der Waals surface area contributed by atoms with E-state index >= 15 is 0 Å². The summed E-state index contributed by atoms with van der Waals surface area (Å²) in [7, 11) is 1.26. The van der Waals surface area contributed by atoms with E-state index in [4.69, 9.17) is 15.8 Å². The molecule has 0 saturated heterocycles. The van der Waals surface area contributed by atoms with Crippen LogP contribution in [0.5, 0.6) is 0 Å². The van der Waals surface area contributed by atoms with Gasteiger partial charge in [0.1, 0.15) is 23.9 Å². The number of esters is 1. The second-order valence-corrected chi connectivity index (χ2v) is 3.99. The molecule has 0 aliphatic rings. The van der Waals surface area contributed by atoms with E-state index in [1.807, 2.05) is 6.92 Å². The number of benzene rings is 1. The van der Waals surface area contributed by atoms with Crippen molar-refractivity contribution >= 4 is 17.3 Å². The second-order valence-electron chi connectivity index (χ2n) is 3.99. The van der Waals surface area contributed by atoms with E-state index in [-0.39, 0.29) is 16.8 Å². The molecule has 0 bridgehead atoms. The van der Waals surface area contributed by atoms with Crippen LogP contribution in [0, 0.1) is 34.0 Å². The van der Waals surface area contributed by atoms with Crippen molar-refractivity contribution in [2.75, 3.05) is 24.3 Å². The molecule has 0 fully saturated rings. The molecule has 0 unspecified atom stereocenters. The quantitative estimate of drug-likeness (QED) is 0.630. The van der Waals surface area contributed by atoms with Crippen LogP contribution in [0.2, 0.25) is 0 Å². The standard InChI is InChI=1S/C15H13N5O2/c1-3-19-12-5-4-10(15(21)22-2)6-13(12)20-14(9-18)11(7-16)8-17/h4-6,19-20H,3H2,1-2H3. The summed E-state index contributed by atoms with van der Waals surface area (Å²) in [5.74, 6) is -0.533. The summed E-state index contributed by atoms with van der Waals surface area (Å²) in [5.41, 5.74) is 0.765. The van der Waals surface area contributed by atoms with Crippen molar-refractivity contribution < 1.29 is 9.53 Å². The topological polar surface area (TPSA) is 122 Å². The normalized spacial score (nSPS) is 8.68. The average molecular weight is 295 g/mol. The van der Waals surface area contributed by atoms with Crippen molar-refractivity contribution in [3.05, 3.63) is 35.0 Å². The molecule has 0 atom stereocenters. The summed E-state index contributed by atoms with van der Waals surface area (Å²) in [6.07, 6.45) is 0. The van der Waals surface area contributed by atoms with Crippen LogP contribution in [-0.4, -0.2) is 19.6 Å². The lowest BCUT2D eigenvalue weighted by atomic mass is 10.1. The van der Waals surface area contributed by atoms with Crippen molar-refractivity contribution in [1.82, 2.24) is 0 Å². The molecule has 0 spiro atoms. The molecule has 7 heteroatoms. The summed E-state index contributed by atoms with van der Waals surface area (Å²) < 4.78 is 4.64. The fraction of sp³-hybridized carbons (Fsp3) is 0.200. The number of carbonyl (C=O) groups is 1. The Balaban J connectivity index is 3.35. The van der Waals surface area contributed by atoms with Crippen LogP contribution in [0.3, 0.4) is 0 Å². The minimum Gasteiger partial charge on any atom is -0.465 e. The van der Waals surface area contributed by atoms with Crippen molar-refractivity contribution in [2.45, 2.75) is 6.92 Å². The molecule has 1 aromatic carbocycles. The van der Waals surface area contributed by atoms with Crippen molar-refractivity contribution in [2.24, 2.45) is 0 Å². The maximum absolute atomic E-state index is 11.6. The van der Waals surface area contributed by atoms with E-state index in [2.05, 4.69) is 15.4 Å². The first-order valence-corrected chi connectivity index (χ1v) is 6.29. The molecule has 2 N–H and O–H groups in total. The number of ether oxygens (including phenoxy) is 1. The van der Waals surface area contributed by atoms with Gasteiger partial charge in [-0.05, 0) is 25.1 Å². The molecule has 0 saturated carbocycles. The van der Waals surface area contributed by atoms with Gasteiger partial charge in [0, 0.05) is 6.54 Å². The molecular weight excluding hydrogens is 282 g/mol. The van der Waals surface area contributed by atoms with Gasteiger partial charge in [0.05, 0.1) is 24.0 Å². The highest BCUT2D eigenvalue weighted by atomic mass is 16.5. The predicted octanol–water partition coefficient (Wildman–Crippen LogP) is 2.14. The van der Waals surface area contributed by atoms with Crippen molar-refractivity contribution in [3.8, 4) is 18.2 Å². The van der Waals surface area contributed by atoms with Gasteiger partial charge in [0.15, 0.2) is 5.57 Å². The van der Waals surface area contributed by atoms with Gasteiger partial charge in [-0.25, -0.2) is 4.79 Å². The summed E-state index contributed by atoms with van der Waals surface area (Å²) in [6, 6.07) is 9.75. The van der Waals surface area contributed by atoms with Crippen LogP contribution < -0.4 is 10.6 Å². The van der Waals surface area contributed by atoms with Gasteiger partial charge in [-0.15, -0.1) is 0 Å². The lowest BCUT2D eigenvalue weighted by Crippen LogP contribution is -2.08. The molecule has 0 aliphatic carbocycles. The molecule has 0 radical (unpaired) electrons. The van der Waals surface area contributed by atoms with Crippen LogP contribution in [0.15, 0.2) is 29.5 Å². The number of allylic oxidation sites excluding steroid dienone is 2. The largest absolute Gasteiger partial charge is 0.465 e. The monoisotopic (exact) mass is 295 g/mol. The number of carbonyl (C=O) groups excluding carboxylic acids is 1. The molecule has 1 rings (SSSR count). The zero-order valence-corrected chi connectivity index (χ0v) is 12.1. The van der Waals surface area contributed by atoms with Gasteiger partial charge in [-0.1, -0.05) is 0 Å². The van der Waals surface area contributed by atoms with Gasteiger partial charge in [0.25, 0.3) is 0 Å². The number of hydrogen-bond donors (Lipinski definition) is 2. The zero-order valence-electron chi connectivity index (χ0n) is 12.1. The van der Waals surface area contributed by atoms with E-state index in [1.54, 1.807) is 30.3 Å². The number of rotatable bonds is 5. The number of nitriles is 3. The van der Waals surface area contributed by atoms with E-state index in [0.717, 1.165) is 0 Å². The van der Waals surface area contributed by atoms with Crippen molar-refractivity contribution in [1.29, 1.82) is 15.8 Å². The minimum absolute atomic E-state index is 0.189. The fourth-order valence-electron chi connectivity index (χ4n) is 1.65. The van der Waals surface area contributed by atoms with E-state index in [1.165, 1.54) is 13.2 Å². The number of methoxy groups -OCH3 is 1.